The zero-order valence-electron chi connectivity index (χ0n) is 6.32. The molecule has 0 aliphatic carbocycles. The van der Waals surface area contributed by atoms with E-state index in [2.05, 4.69) is 9.99 Å². The van der Waals surface area contributed by atoms with E-state index < -0.39 is 0 Å². The molecule has 0 heterocycles. The molecule has 3 nitrogen and oxygen atoms in total. The zero-order chi connectivity index (χ0) is 8.10. The molecule has 2 N–H and O–H groups in total. The zero-order valence-corrected chi connectivity index (χ0v) is 6.32. The van der Waals surface area contributed by atoms with E-state index in [9.17, 15) is 0 Å². The van der Waals surface area contributed by atoms with Gasteiger partial charge in [-0.2, -0.15) is 0 Å². The van der Waals surface area contributed by atoms with Gasteiger partial charge in [-0.05, 0) is 6.07 Å². The van der Waals surface area contributed by atoms with Gasteiger partial charge >= 0.3 is 0 Å². The van der Waals surface area contributed by atoms with E-state index in [0.717, 1.165) is 5.56 Å². The molecular formula is C8H10N2O. The Bertz CT molecular complexity index is 258. The third-order valence-electron chi connectivity index (χ3n) is 1.29. The summed E-state index contributed by atoms with van der Waals surface area (Å²) in [7, 11) is 1.50. The highest BCUT2D eigenvalue weighted by atomic mass is 16.6. The molecule has 58 valence electrons. The summed E-state index contributed by atoms with van der Waals surface area (Å²) in [6.45, 7) is 0. The van der Waals surface area contributed by atoms with Crippen LogP contribution in [0.15, 0.2) is 29.4 Å². The average molecular weight is 150 g/mol. The van der Waals surface area contributed by atoms with Crippen molar-refractivity contribution in [1.82, 2.24) is 0 Å². The molecule has 1 aromatic carbocycles. The summed E-state index contributed by atoms with van der Waals surface area (Å²) in [4.78, 5) is 4.51. The second-order valence-corrected chi connectivity index (χ2v) is 2.05. The summed E-state index contributed by atoms with van der Waals surface area (Å²) in [5, 5.41) is 3.60. The van der Waals surface area contributed by atoms with Crippen LogP contribution in [0.3, 0.4) is 0 Å². The van der Waals surface area contributed by atoms with E-state index >= 15 is 0 Å². The van der Waals surface area contributed by atoms with Crippen LogP contribution in [0.2, 0.25) is 0 Å². The summed E-state index contributed by atoms with van der Waals surface area (Å²) in [6, 6.07) is 7.46. The maximum Gasteiger partial charge on any atom is 0.106 e. The molecule has 0 saturated heterocycles. The number of hydrogen-bond acceptors (Lipinski definition) is 3. The molecule has 0 unspecified atom stereocenters. The van der Waals surface area contributed by atoms with Crippen molar-refractivity contribution >= 4 is 11.9 Å². The number of oxime groups is 1. The fraction of sp³-hybridized carbons (Fsp3) is 0.125. The molecule has 1 rings (SSSR count). The van der Waals surface area contributed by atoms with Crippen molar-refractivity contribution in [3.8, 4) is 0 Å². The van der Waals surface area contributed by atoms with Crippen LogP contribution in [-0.2, 0) is 4.84 Å². The van der Waals surface area contributed by atoms with Crippen LogP contribution in [0.5, 0.6) is 0 Å². The standard InChI is InChI=1S/C8H10N2O/c1-11-10-6-7-4-2-3-5-8(7)9/h2-6H,9H2,1H3/b10-6+. The lowest BCUT2D eigenvalue weighted by Crippen LogP contribution is -1.91. The smallest absolute Gasteiger partial charge is 0.106 e. The van der Waals surface area contributed by atoms with Gasteiger partial charge in [0, 0.05) is 11.3 Å². The van der Waals surface area contributed by atoms with Gasteiger partial charge < -0.3 is 10.6 Å². The number of para-hydroxylation sites is 1. The minimum Gasteiger partial charge on any atom is -0.399 e. The lowest BCUT2D eigenvalue weighted by Gasteiger charge is -1.96. The van der Waals surface area contributed by atoms with Crippen LogP contribution in [0.4, 0.5) is 5.69 Å². The van der Waals surface area contributed by atoms with Gasteiger partial charge in [-0.15, -0.1) is 0 Å². The summed E-state index contributed by atoms with van der Waals surface area (Å²) >= 11 is 0. The van der Waals surface area contributed by atoms with Gasteiger partial charge in [-0.25, -0.2) is 0 Å². The third kappa shape index (κ3) is 1.97. The SMILES string of the molecule is CO/N=C/c1ccccc1N. The van der Waals surface area contributed by atoms with Crippen molar-refractivity contribution in [2.45, 2.75) is 0 Å². The molecule has 0 spiro atoms. The number of nitrogen functional groups attached to an aromatic ring is 1. The van der Waals surface area contributed by atoms with E-state index in [4.69, 9.17) is 5.73 Å². The highest BCUT2D eigenvalue weighted by molar-refractivity contribution is 5.86. The summed E-state index contributed by atoms with van der Waals surface area (Å²) in [5.41, 5.74) is 7.19. The van der Waals surface area contributed by atoms with Crippen LogP contribution in [0.1, 0.15) is 5.56 Å². The lowest BCUT2D eigenvalue weighted by atomic mass is 10.2. The first kappa shape index (κ1) is 7.60. The molecule has 0 amide bonds. The van der Waals surface area contributed by atoms with Crippen molar-refractivity contribution in [2.75, 3.05) is 12.8 Å². The van der Waals surface area contributed by atoms with Gasteiger partial charge in [0.05, 0.1) is 6.21 Å². The van der Waals surface area contributed by atoms with E-state index in [-0.39, 0.29) is 0 Å². The summed E-state index contributed by atoms with van der Waals surface area (Å²) in [5.74, 6) is 0. The van der Waals surface area contributed by atoms with Crippen LogP contribution in [0.25, 0.3) is 0 Å². The minimum atomic E-state index is 0.702. The molecule has 0 aliphatic heterocycles. The van der Waals surface area contributed by atoms with Crippen molar-refractivity contribution in [3.63, 3.8) is 0 Å². The van der Waals surface area contributed by atoms with E-state index in [0.29, 0.717) is 5.69 Å². The molecular weight excluding hydrogens is 140 g/mol. The van der Waals surface area contributed by atoms with E-state index in [1.54, 1.807) is 6.21 Å². The van der Waals surface area contributed by atoms with Gasteiger partial charge in [0.1, 0.15) is 7.11 Å². The number of rotatable bonds is 2. The molecule has 1 aromatic rings. The Morgan fingerprint density at radius 1 is 1.45 bits per heavy atom. The van der Waals surface area contributed by atoms with E-state index in [1.165, 1.54) is 7.11 Å². The van der Waals surface area contributed by atoms with Crippen molar-refractivity contribution in [3.05, 3.63) is 29.8 Å². The Balaban J connectivity index is 2.86. The molecule has 0 saturated carbocycles. The highest BCUT2D eigenvalue weighted by Crippen LogP contribution is 2.06. The monoisotopic (exact) mass is 150 g/mol. The third-order valence-corrected chi connectivity index (χ3v) is 1.29. The highest BCUT2D eigenvalue weighted by Gasteiger charge is 1.91. The second-order valence-electron chi connectivity index (χ2n) is 2.05. The average Bonchev–Trinajstić information content (AvgIpc) is 2.03. The first-order valence-corrected chi connectivity index (χ1v) is 3.25. The number of nitrogens with zero attached hydrogens (tertiary/aromatic N) is 1. The van der Waals surface area contributed by atoms with Gasteiger partial charge in [0.15, 0.2) is 0 Å². The van der Waals surface area contributed by atoms with Gasteiger partial charge in [-0.3, -0.25) is 0 Å². The number of benzene rings is 1. The number of anilines is 1. The van der Waals surface area contributed by atoms with Crippen LogP contribution in [0, 0.1) is 0 Å². The fourth-order valence-electron chi connectivity index (χ4n) is 0.738. The van der Waals surface area contributed by atoms with E-state index in [1.807, 2.05) is 24.3 Å². The molecule has 11 heavy (non-hydrogen) atoms. The topological polar surface area (TPSA) is 47.6 Å². The van der Waals surface area contributed by atoms with Gasteiger partial charge in [-0.1, -0.05) is 23.4 Å². The first-order valence-electron chi connectivity index (χ1n) is 3.25. The Hall–Kier alpha value is -1.51. The maximum absolute atomic E-state index is 5.61. The Kier molecular flexibility index (Phi) is 2.49. The predicted molar refractivity (Wildman–Crippen MR) is 45.5 cm³/mol. The largest absolute Gasteiger partial charge is 0.399 e. The van der Waals surface area contributed by atoms with Crippen molar-refractivity contribution < 1.29 is 4.84 Å². The Morgan fingerprint density at radius 2 is 2.18 bits per heavy atom. The lowest BCUT2D eigenvalue weighted by molar-refractivity contribution is 0.215. The fourth-order valence-corrected chi connectivity index (χ4v) is 0.738. The minimum absolute atomic E-state index is 0.702. The molecule has 0 radical (unpaired) electrons. The molecule has 0 aliphatic rings. The van der Waals surface area contributed by atoms with Crippen LogP contribution >= 0.6 is 0 Å². The molecule has 0 atom stereocenters. The van der Waals surface area contributed by atoms with Crippen LogP contribution < -0.4 is 5.73 Å². The normalized spacial score (nSPS) is 10.3. The molecule has 0 aromatic heterocycles. The Morgan fingerprint density at radius 3 is 2.82 bits per heavy atom. The van der Waals surface area contributed by atoms with Gasteiger partial charge in [0.25, 0.3) is 0 Å². The molecule has 0 fully saturated rings. The molecule has 3 heteroatoms. The maximum atomic E-state index is 5.61. The van der Waals surface area contributed by atoms with Crippen molar-refractivity contribution in [2.24, 2.45) is 5.16 Å². The quantitative estimate of drug-likeness (QED) is 0.392. The number of nitrogens with two attached hydrogens (primary N) is 1. The summed E-state index contributed by atoms with van der Waals surface area (Å²) < 4.78 is 0. The first-order chi connectivity index (χ1) is 5.34. The summed E-state index contributed by atoms with van der Waals surface area (Å²) in [6.07, 6.45) is 1.58. The Labute approximate surface area is 65.5 Å². The van der Waals surface area contributed by atoms with Crippen LogP contribution in [-0.4, -0.2) is 13.3 Å². The number of hydrogen-bond donors (Lipinski definition) is 1. The predicted octanol–water partition coefficient (Wildman–Crippen LogP) is 1.25. The van der Waals surface area contributed by atoms with Crippen molar-refractivity contribution in [1.29, 1.82) is 0 Å². The van der Waals surface area contributed by atoms with Gasteiger partial charge in [0.2, 0.25) is 0 Å². The molecule has 0 bridgehead atoms. The second kappa shape index (κ2) is 3.61.